The highest BCUT2D eigenvalue weighted by molar-refractivity contribution is 9.11. The van der Waals surface area contributed by atoms with Crippen molar-refractivity contribution in [2.24, 2.45) is 0 Å². The van der Waals surface area contributed by atoms with Crippen molar-refractivity contribution in [1.82, 2.24) is 4.98 Å². The van der Waals surface area contributed by atoms with Gasteiger partial charge in [-0.2, -0.15) is 0 Å². The first-order valence-corrected chi connectivity index (χ1v) is 8.77. The van der Waals surface area contributed by atoms with Gasteiger partial charge in [0.25, 0.3) is 5.91 Å². The molecule has 0 atom stereocenters. The summed E-state index contributed by atoms with van der Waals surface area (Å²) in [5.74, 6) is -0.217. The fourth-order valence-electron chi connectivity index (χ4n) is 1.70. The van der Waals surface area contributed by atoms with Crippen molar-refractivity contribution in [2.45, 2.75) is 0 Å². The molecule has 1 amide bonds. The summed E-state index contributed by atoms with van der Waals surface area (Å²) < 4.78 is 1.05. The van der Waals surface area contributed by atoms with Gasteiger partial charge in [0.05, 0.1) is 14.4 Å². The maximum absolute atomic E-state index is 12.1. The molecule has 0 fully saturated rings. The van der Waals surface area contributed by atoms with Gasteiger partial charge in [-0.1, -0.05) is 17.7 Å². The predicted molar refractivity (Wildman–Crippen MR) is 92.5 cm³/mol. The van der Waals surface area contributed by atoms with Crippen molar-refractivity contribution in [2.75, 3.05) is 5.32 Å². The normalized spacial score (nSPS) is 10.6. The first kappa shape index (κ1) is 14.7. The molecule has 0 aliphatic heterocycles. The van der Waals surface area contributed by atoms with E-state index in [9.17, 15) is 4.79 Å². The molecule has 7 heteroatoms. The van der Waals surface area contributed by atoms with Crippen LogP contribution in [0.2, 0.25) is 5.02 Å². The SMILES string of the molecule is O=C(Nc1nc(-c2ccc(Br)s2)cs1)c1cccc(Cl)c1. The third-order valence-electron chi connectivity index (χ3n) is 2.64. The number of anilines is 1. The molecule has 21 heavy (non-hydrogen) atoms. The van der Waals surface area contributed by atoms with Crippen LogP contribution in [-0.4, -0.2) is 10.9 Å². The molecule has 1 aromatic carbocycles. The summed E-state index contributed by atoms with van der Waals surface area (Å²) in [5.41, 5.74) is 1.37. The number of hydrogen-bond acceptors (Lipinski definition) is 4. The Hall–Kier alpha value is -1.21. The third-order valence-corrected chi connectivity index (χ3v) is 5.28. The van der Waals surface area contributed by atoms with Crippen molar-refractivity contribution in [3.8, 4) is 10.6 Å². The standard InChI is InChI=1S/C14H8BrClN2OS2/c15-12-5-4-11(21-12)10-7-20-14(17-10)18-13(19)8-2-1-3-9(16)6-8/h1-7H,(H,17,18,19). The Balaban J connectivity index is 1.77. The summed E-state index contributed by atoms with van der Waals surface area (Å²) in [5, 5.41) is 5.81. The van der Waals surface area contributed by atoms with E-state index in [2.05, 4.69) is 26.2 Å². The Labute approximate surface area is 142 Å². The number of nitrogens with zero attached hydrogens (tertiary/aromatic N) is 1. The molecule has 2 aromatic heterocycles. The number of hydrogen-bond donors (Lipinski definition) is 1. The average Bonchev–Trinajstić information content (AvgIpc) is 3.07. The van der Waals surface area contributed by atoms with Gasteiger partial charge >= 0.3 is 0 Å². The number of thiazole rings is 1. The van der Waals surface area contributed by atoms with Gasteiger partial charge in [-0.3, -0.25) is 10.1 Å². The van der Waals surface area contributed by atoms with Crippen LogP contribution in [0.5, 0.6) is 0 Å². The lowest BCUT2D eigenvalue weighted by Crippen LogP contribution is -2.11. The fraction of sp³-hybridized carbons (Fsp3) is 0. The number of carbonyl (C=O) groups is 1. The maximum Gasteiger partial charge on any atom is 0.257 e. The van der Waals surface area contributed by atoms with Gasteiger partial charge in [-0.05, 0) is 46.3 Å². The van der Waals surface area contributed by atoms with Gasteiger partial charge < -0.3 is 0 Å². The van der Waals surface area contributed by atoms with Gasteiger partial charge in [0, 0.05) is 16.0 Å². The number of thiophene rings is 1. The lowest BCUT2D eigenvalue weighted by molar-refractivity contribution is 0.102. The Morgan fingerprint density at radius 1 is 1.29 bits per heavy atom. The van der Waals surface area contributed by atoms with Crippen LogP contribution in [0.3, 0.4) is 0 Å². The molecule has 0 bridgehead atoms. The molecule has 0 saturated heterocycles. The highest BCUT2D eigenvalue weighted by atomic mass is 79.9. The molecule has 2 heterocycles. The van der Waals surface area contributed by atoms with Crippen LogP contribution < -0.4 is 5.32 Å². The van der Waals surface area contributed by atoms with Crippen LogP contribution in [0, 0.1) is 0 Å². The second-order valence-corrected chi connectivity index (χ2v) is 7.86. The molecule has 106 valence electrons. The first-order valence-electron chi connectivity index (χ1n) is 5.90. The predicted octanol–water partition coefficient (Wildman–Crippen LogP) is 5.54. The average molecular weight is 400 g/mol. The minimum atomic E-state index is -0.217. The van der Waals surface area contributed by atoms with Gasteiger partial charge in [0.1, 0.15) is 0 Å². The molecule has 3 rings (SSSR count). The lowest BCUT2D eigenvalue weighted by Gasteiger charge is -2.01. The number of rotatable bonds is 3. The Bertz CT molecular complexity index is 800. The molecular weight excluding hydrogens is 392 g/mol. The van der Waals surface area contributed by atoms with Crippen molar-refractivity contribution in [3.05, 3.63) is 56.2 Å². The molecule has 3 aromatic rings. The van der Waals surface area contributed by atoms with E-state index in [0.29, 0.717) is 15.7 Å². The van der Waals surface area contributed by atoms with Crippen LogP contribution in [0.25, 0.3) is 10.6 Å². The molecule has 0 aliphatic carbocycles. The largest absolute Gasteiger partial charge is 0.298 e. The van der Waals surface area contributed by atoms with Crippen molar-refractivity contribution >= 4 is 61.2 Å². The van der Waals surface area contributed by atoms with Gasteiger partial charge in [0.2, 0.25) is 0 Å². The van der Waals surface area contributed by atoms with E-state index >= 15 is 0 Å². The number of aromatic nitrogens is 1. The summed E-state index contributed by atoms with van der Waals surface area (Å²) in [4.78, 5) is 17.6. The minimum absolute atomic E-state index is 0.217. The van der Waals surface area contributed by atoms with Crippen molar-refractivity contribution < 1.29 is 4.79 Å². The Morgan fingerprint density at radius 3 is 2.86 bits per heavy atom. The molecule has 3 nitrogen and oxygen atoms in total. The van der Waals surface area contributed by atoms with Crippen LogP contribution in [0.1, 0.15) is 10.4 Å². The van der Waals surface area contributed by atoms with Crippen LogP contribution in [-0.2, 0) is 0 Å². The smallest absolute Gasteiger partial charge is 0.257 e. The van der Waals surface area contributed by atoms with Crippen LogP contribution >= 0.6 is 50.2 Å². The zero-order valence-corrected chi connectivity index (χ0v) is 14.4. The summed E-state index contributed by atoms with van der Waals surface area (Å²) >= 11 is 12.3. The number of halogens is 2. The van der Waals surface area contributed by atoms with Crippen LogP contribution in [0.4, 0.5) is 5.13 Å². The highest BCUT2D eigenvalue weighted by Crippen LogP contribution is 2.33. The summed E-state index contributed by atoms with van der Waals surface area (Å²) in [6.07, 6.45) is 0. The summed E-state index contributed by atoms with van der Waals surface area (Å²) in [7, 11) is 0. The van der Waals surface area contributed by atoms with E-state index < -0.39 is 0 Å². The summed E-state index contributed by atoms with van der Waals surface area (Å²) in [6, 6.07) is 10.8. The number of nitrogens with one attached hydrogen (secondary N) is 1. The molecule has 0 aliphatic rings. The van der Waals surface area contributed by atoms with Gasteiger partial charge in [-0.15, -0.1) is 22.7 Å². The fourth-order valence-corrected chi connectivity index (χ4v) is 4.01. The van der Waals surface area contributed by atoms with Crippen molar-refractivity contribution in [3.63, 3.8) is 0 Å². The van der Waals surface area contributed by atoms with Crippen LogP contribution in [0.15, 0.2) is 45.6 Å². The topological polar surface area (TPSA) is 42.0 Å². The lowest BCUT2D eigenvalue weighted by atomic mass is 10.2. The monoisotopic (exact) mass is 398 g/mol. The zero-order chi connectivity index (χ0) is 14.8. The van der Waals surface area contributed by atoms with Crippen molar-refractivity contribution in [1.29, 1.82) is 0 Å². The molecule has 1 N–H and O–H groups in total. The van der Waals surface area contributed by atoms with E-state index in [0.717, 1.165) is 14.4 Å². The third kappa shape index (κ3) is 3.52. The van der Waals surface area contributed by atoms with Gasteiger partial charge in [-0.25, -0.2) is 4.98 Å². The Morgan fingerprint density at radius 2 is 2.14 bits per heavy atom. The molecule has 0 radical (unpaired) electrons. The minimum Gasteiger partial charge on any atom is -0.298 e. The number of amides is 1. The molecule has 0 unspecified atom stereocenters. The zero-order valence-electron chi connectivity index (χ0n) is 10.5. The second-order valence-electron chi connectivity index (χ2n) is 4.11. The van der Waals surface area contributed by atoms with E-state index in [1.165, 1.54) is 11.3 Å². The second kappa shape index (κ2) is 6.27. The maximum atomic E-state index is 12.1. The molecule has 0 saturated carbocycles. The number of carbonyl (C=O) groups excluding carboxylic acids is 1. The Kier molecular flexibility index (Phi) is 4.40. The van der Waals surface area contributed by atoms with E-state index in [-0.39, 0.29) is 5.91 Å². The molecule has 0 spiro atoms. The molecular formula is C14H8BrClN2OS2. The number of benzene rings is 1. The first-order chi connectivity index (χ1) is 10.1. The summed E-state index contributed by atoms with van der Waals surface area (Å²) in [6.45, 7) is 0. The quantitative estimate of drug-likeness (QED) is 0.628. The van der Waals surface area contributed by atoms with Gasteiger partial charge in [0.15, 0.2) is 5.13 Å². The van der Waals surface area contributed by atoms with E-state index in [4.69, 9.17) is 11.6 Å². The highest BCUT2D eigenvalue weighted by Gasteiger charge is 2.11. The van der Waals surface area contributed by atoms with E-state index in [1.54, 1.807) is 35.6 Å². The van der Waals surface area contributed by atoms with E-state index in [1.807, 2.05) is 17.5 Å².